The van der Waals surface area contributed by atoms with Crippen LogP contribution in [0.1, 0.15) is 29.8 Å². The van der Waals surface area contributed by atoms with Crippen LogP contribution in [-0.2, 0) is 21.2 Å². The Kier molecular flexibility index (Phi) is 6.89. The Hall–Kier alpha value is -2.71. The zero-order chi connectivity index (χ0) is 21.7. The average molecular weight is 430 g/mol. The van der Waals surface area contributed by atoms with Gasteiger partial charge in [-0.3, -0.25) is 9.59 Å². The van der Waals surface area contributed by atoms with Crippen molar-refractivity contribution < 1.29 is 18.0 Å². The molecular weight excluding hydrogens is 402 g/mol. The molecule has 8 heteroatoms. The fraction of sp³-hybridized carbons (Fsp3) is 0.364. The van der Waals surface area contributed by atoms with Crippen molar-refractivity contribution >= 4 is 21.8 Å². The van der Waals surface area contributed by atoms with Gasteiger partial charge in [-0.2, -0.15) is 0 Å². The van der Waals surface area contributed by atoms with E-state index in [0.29, 0.717) is 5.56 Å². The van der Waals surface area contributed by atoms with Gasteiger partial charge in [0.1, 0.15) is 11.3 Å². The maximum atomic E-state index is 12.9. The molecule has 2 amide bonds. The van der Waals surface area contributed by atoms with Crippen molar-refractivity contribution in [3.8, 4) is 0 Å². The van der Waals surface area contributed by atoms with Crippen LogP contribution in [0.2, 0.25) is 0 Å². The van der Waals surface area contributed by atoms with E-state index in [0.717, 1.165) is 5.56 Å². The summed E-state index contributed by atoms with van der Waals surface area (Å²) in [5.74, 6) is -0.561. The van der Waals surface area contributed by atoms with Crippen LogP contribution < -0.4 is 10.0 Å². The zero-order valence-corrected chi connectivity index (χ0v) is 17.9. The van der Waals surface area contributed by atoms with Crippen molar-refractivity contribution in [3.63, 3.8) is 0 Å². The average Bonchev–Trinajstić information content (AvgIpc) is 2.67. The number of carbonyl (C=O) groups excluding carboxylic acids is 2. The van der Waals surface area contributed by atoms with Gasteiger partial charge in [-0.05, 0) is 38.0 Å². The number of sulfonamides is 1. The van der Waals surface area contributed by atoms with Gasteiger partial charge in [0, 0.05) is 24.7 Å². The lowest BCUT2D eigenvalue weighted by molar-refractivity contribution is -0.123. The Morgan fingerprint density at radius 2 is 1.57 bits per heavy atom. The number of nitrogens with one attached hydrogen (secondary N) is 2. The molecular formula is C22H27N3O4S. The summed E-state index contributed by atoms with van der Waals surface area (Å²) in [4.78, 5) is 26.6. The van der Waals surface area contributed by atoms with Gasteiger partial charge in [0.25, 0.3) is 5.91 Å². The maximum Gasteiger partial charge on any atom is 0.253 e. The highest BCUT2D eigenvalue weighted by Crippen LogP contribution is 2.19. The molecule has 1 saturated heterocycles. The Balaban J connectivity index is 1.66. The summed E-state index contributed by atoms with van der Waals surface area (Å²) in [6, 6.07) is 17.0. The number of benzene rings is 2. The molecule has 1 aliphatic rings. The lowest BCUT2D eigenvalue weighted by atomic mass is 10.1. The first kappa shape index (κ1) is 22.0. The summed E-state index contributed by atoms with van der Waals surface area (Å²) < 4.78 is 28.3. The van der Waals surface area contributed by atoms with E-state index < -0.39 is 21.3 Å². The minimum absolute atomic E-state index is 0.104. The van der Waals surface area contributed by atoms with Crippen molar-refractivity contribution in [2.45, 2.75) is 37.6 Å². The molecule has 0 aromatic heterocycles. The first-order chi connectivity index (χ1) is 14.3. The van der Waals surface area contributed by atoms with Crippen molar-refractivity contribution in [1.82, 2.24) is 14.9 Å². The van der Waals surface area contributed by atoms with Gasteiger partial charge in [0.05, 0.1) is 0 Å². The third-order valence-corrected chi connectivity index (χ3v) is 6.72. The molecule has 2 N–H and O–H groups in total. The van der Waals surface area contributed by atoms with Crippen LogP contribution in [0.4, 0.5) is 0 Å². The molecule has 1 fully saturated rings. The lowest BCUT2D eigenvalue weighted by Gasteiger charge is -2.39. The fourth-order valence-electron chi connectivity index (χ4n) is 3.28. The molecule has 0 unspecified atom stereocenters. The van der Waals surface area contributed by atoms with E-state index in [1.54, 1.807) is 24.3 Å². The predicted octanol–water partition coefficient (Wildman–Crippen LogP) is 1.57. The van der Waals surface area contributed by atoms with Gasteiger partial charge in [-0.15, -0.1) is 0 Å². The summed E-state index contributed by atoms with van der Waals surface area (Å²) in [6.07, 6.45) is 0.248. The Morgan fingerprint density at radius 3 is 2.13 bits per heavy atom. The predicted molar refractivity (Wildman–Crippen MR) is 115 cm³/mol. The molecule has 0 aliphatic carbocycles. The van der Waals surface area contributed by atoms with E-state index in [-0.39, 0.29) is 37.4 Å². The molecule has 1 heterocycles. The second kappa shape index (κ2) is 9.40. The lowest BCUT2D eigenvalue weighted by Crippen LogP contribution is -2.61. The Morgan fingerprint density at radius 1 is 1.00 bits per heavy atom. The highest BCUT2D eigenvalue weighted by molar-refractivity contribution is 7.90. The molecule has 0 radical (unpaired) electrons. The third-order valence-electron chi connectivity index (χ3n) is 4.93. The number of nitrogens with zero attached hydrogens (tertiary/aromatic N) is 1. The molecule has 7 nitrogen and oxygen atoms in total. The zero-order valence-electron chi connectivity index (χ0n) is 17.1. The first-order valence-corrected chi connectivity index (χ1v) is 11.5. The molecule has 0 spiro atoms. The van der Waals surface area contributed by atoms with Gasteiger partial charge in [-0.1, -0.05) is 48.5 Å². The highest BCUT2D eigenvalue weighted by atomic mass is 32.2. The number of amides is 2. The third kappa shape index (κ3) is 5.46. The number of carbonyl (C=O) groups is 2. The van der Waals surface area contributed by atoms with Crippen molar-refractivity contribution in [1.29, 1.82) is 0 Å². The van der Waals surface area contributed by atoms with E-state index >= 15 is 0 Å². The standard InChI is InChI=1S/C22H27N3O4S/c1-16(2)23-21(26)20(13-17-9-5-3-6-10-17)24-30(28,29)19-14-25(15-19)22(27)18-11-7-4-8-12-18/h3-12,16,19-20,24H,13-15H2,1-2H3,(H,23,26)/t20-/m0/s1. The first-order valence-electron chi connectivity index (χ1n) is 9.96. The normalized spacial score (nSPS) is 15.5. The SMILES string of the molecule is CC(C)NC(=O)[C@H](Cc1ccccc1)NS(=O)(=O)C1CN(C(=O)c2ccccc2)C1. The van der Waals surface area contributed by atoms with Crippen LogP contribution in [0, 0.1) is 0 Å². The van der Waals surface area contributed by atoms with Gasteiger partial charge >= 0.3 is 0 Å². The van der Waals surface area contributed by atoms with Crippen LogP contribution in [0.25, 0.3) is 0 Å². The van der Waals surface area contributed by atoms with Gasteiger partial charge < -0.3 is 10.2 Å². The van der Waals surface area contributed by atoms with Crippen LogP contribution in [-0.4, -0.2) is 55.6 Å². The molecule has 1 atom stereocenters. The van der Waals surface area contributed by atoms with Crippen molar-refractivity contribution in [3.05, 3.63) is 71.8 Å². The van der Waals surface area contributed by atoms with E-state index in [2.05, 4.69) is 10.0 Å². The van der Waals surface area contributed by atoms with Gasteiger partial charge in [0.15, 0.2) is 0 Å². The van der Waals surface area contributed by atoms with Crippen LogP contribution in [0.3, 0.4) is 0 Å². The van der Waals surface area contributed by atoms with Crippen molar-refractivity contribution in [2.24, 2.45) is 0 Å². The minimum Gasteiger partial charge on any atom is -0.353 e. The molecule has 0 bridgehead atoms. The summed E-state index contributed by atoms with van der Waals surface area (Å²) in [7, 11) is -3.78. The smallest absolute Gasteiger partial charge is 0.253 e. The largest absolute Gasteiger partial charge is 0.353 e. The van der Waals surface area contributed by atoms with Crippen LogP contribution >= 0.6 is 0 Å². The van der Waals surface area contributed by atoms with E-state index in [9.17, 15) is 18.0 Å². The van der Waals surface area contributed by atoms with E-state index in [1.807, 2.05) is 50.2 Å². The quantitative estimate of drug-likeness (QED) is 0.666. The molecule has 160 valence electrons. The topological polar surface area (TPSA) is 95.6 Å². The van der Waals surface area contributed by atoms with Gasteiger partial charge in [-0.25, -0.2) is 13.1 Å². The van der Waals surface area contributed by atoms with Crippen LogP contribution in [0.5, 0.6) is 0 Å². The highest BCUT2D eigenvalue weighted by Gasteiger charge is 2.41. The monoisotopic (exact) mass is 429 g/mol. The molecule has 3 rings (SSSR count). The molecule has 30 heavy (non-hydrogen) atoms. The Bertz CT molecular complexity index is 972. The number of rotatable bonds is 8. The second-order valence-corrected chi connectivity index (χ2v) is 9.76. The van der Waals surface area contributed by atoms with Crippen LogP contribution in [0.15, 0.2) is 60.7 Å². The molecule has 2 aromatic carbocycles. The fourth-order valence-corrected chi connectivity index (χ4v) is 4.81. The molecule has 1 aliphatic heterocycles. The Labute approximate surface area is 177 Å². The number of likely N-dealkylation sites (tertiary alicyclic amines) is 1. The van der Waals surface area contributed by atoms with Gasteiger partial charge in [0.2, 0.25) is 15.9 Å². The second-order valence-electron chi connectivity index (χ2n) is 7.77. The summed E-state index contributed by atoms with van der Waals surface area (Å²) >= 11 is 0. The minimum atomic E-state index is -3.78. The molecule has 0 saturated carbocycles. The summed E-state index contributed by atoms with van der Waals surface area (Å²) in [5.41, 5.74) is 1.39. The van der Waals surface area contributed by atoms with E-state index in [1.165, 1.54) is 4.90 Å². The number of hydrogen-bond donors (Lipinski definition) is 2. The summed E-state index contributed by atoms with van der Waals surface area (Å²) in [6.45, 7) is 3.86. The molecule has 2 aromatic rings. The van der Waals surface area contributed by atoms with E-state index in [4.69, 9.17) is 0 Å². The maximum absolute atomic E-state index is 12.9. The van der Waals surface area contributed by atoms with Crippen molar-refractivity contribution in [2.75, 3.05) is 13.1 Å². The number of hydrogen-bond acceptors (Lipinski definition) is 4. The summed E-state index contributed by atoms with van der Waals surface area (Å²) in [5, 5.41) is 2.04.